The fourth-order valence-corrected chi connectivity index (χ4v) is 4.25. The molecule has 1 unspecified atom stereocenters. The number of nitrogens with zero attached hydrogens (tertiary/aromatic N) is 3. The molecule has 30 heavy (non-hydrogen) atoms. The van der Waals surface area contributed by atoms with E-state index in [9.17, 15) is 23.1 Å². The third-order valence-electron chi connectivity index (χ3n) is 5.81. The van der Waals surface area contributed by atoms with Crippen molar-refractivity contribution in [3.05, 3.63) is 35.5 Å². The number of carbonyl (C=O) groups is 1. The van der Waals surface area contributed by atoms with Gasteiger partial charge in [-0.15, -0.1) is 0 Å². The number of aliphatic hydroxyl groups is 1. The molecule has 1 fully saturated rings. The molecular weight excluding hydrogens is 403 g/mol. The van der Waals surface area contributed by atoms with Gasteiger partial charge in [-0.25, -0.2) is 0 Å². The summed E-state index contributed by atoms with van der Waals surface area (Å²) in [6, 6.07) is 7.86. The van der Waals surface area contributed by atoms with Crippen molar-refractivity contribution in [1.82, 2.24) is 15.2 Å². The van der Waals surface area contributed by atoms with Crippen molar-refractivity contribution in [2.24, 2.45) is 0 Å². The van der Waals surface area contributed by atoms with Crippen molar-refractivity contribution in [3.8, 4) is 0 Å². The summed E-state index contributed by atoms with van der Waals surface area (Å²) in [7, 11) is 0. The number of alkyl halides is 3. The van der Waals surface area contributed by atoms with Crippen LogP contribution in [0.5, 0.6) is 0 Å². The molecule has 3 aromatic rings. The standard InChI is InChI=1S/C19H18F3N5O3/c20-19(21,22)18(29)9-13(28)24-16-14(18)15(25-26-16)10-5-7-27(8-6-10)17-23-11-3-1-2-4-12(11)30-17/h1-4,10,29H,5-9H2,(H2,24,25,26,28). The zero-order chi connectivity index (χ0) is 21.1. The van der Waals surface area contributed by atoms with Crippen LogP contribution < -0.4 is 10.2 Å². The van der Waals surface area contributed by atoms with E-state index in [1.807, 2.05) is 29.2 Å². The van der Waals surface area contributed by atoms with Crippen LogP contribution in [0, 0.1) is 0 Å². The number of hydrogen-bond acceptors (Lipinski definition) is 6. The largest absolute Gasteiger partial charge is 0.423 e. The third-order valence-corrected chi connectivity index (χ3v) is 5.81. The normalized spacial score (nSPS) is 22.9. The van der Waals surface area contributed by atoms with Gasteiger partial charge in [0.1, 0.15) is 5.52 Å². The van der Waals surface area contributed by atoms with Crippen LogP contribution in [0.15, 0.2) is 28.7 Å². The Morgan fingerprint density at radius 1 is 1.23 bits per heavy atom. The van der Waals surface area contributed by atoms with Crippen LogP contribution in [-0.4, -0.2) is 45.5 Å². The number of oxazole rings is 1. The Balaban J connectivity index is 1.40. The number of para-hydroxylation sites is 2. The fraction of sp³-hybridized carbons (Fsp3) is 0.421. The Labute approximate surface area is 168 Å². The third kappa shape index (κ3) is 2.83. The average Bonchev–Trinajstić information content (AvgIpc) is 3.31. The molecule has 1 aromatic carbocycles. The smallest absolute Gasteiger partial charge is 0.422 e. The number of fused-ring (bicyclic) bond motifs is 2. The molecule has 5 rings (SSSR count). The zero-order valence-corrected chi connectivity index (χ0v) is 15.7. The van der Waals surface area contributed by atoms with E-state index in [0.29, 0.717) is 37.5 Å². The lowest BCUT2D eigenvalue weighted by Crippen LogP contribution is -2.48. The topological polar surface area (TPSA) is 107 Å². The molecule has 3 N–H and O–H groups in total. The SMILES string of the molecule is O=C1CC(O)(C(F)(F)F)c2c(n[nH]c2C2CCN(c3nc4ccccc4o3)CC2)N1. The van der Waals surface area contributed by atoms with Gasteiger partial charge in [0, 0.05) is 24.7 Å². The maximum absolute atomic E-state index is 13.7. The second kappa shape index (κ2) is 6.46. The first-order valence-corrected chi connectivity index (χ1v) is 9.54. The van der Waals surface area contributed by atoms with Gasteiger partial charge >= 0.3 is 6.18 Å². The van der Waals surface area contributed by atoms with E-state index >= 15 is 0 Å². The summed E-state index contributed by atoms with van der Waals surface area (Å²) < 4.78 is 46.8. The lowest BCUT2D eigenvalue weighted by atomic mass is 9.81. The van der Waals surface area contributed by atoms with Crippen molar-refractivity contribution in [1.29, 1.82) is 0 Å². The molecular formula is C19H18F3N5O3. The highest BCUT2D eigenvalue weighted by molar-refractivity contribution is 5.94. The molecule has 0 bridgehead atoms. The first-order chi connectivity index (χ1) is 14.3. The molecule has 1 amide bonds. The minimum absolute atomic E-state index is 0.210. The molecule has 2 aliphatic heterocycles. The van der Waals surface area contributed by atoms with Crippen LogP contribution >= 0.6 is 0 Å². The van der Waals surface area contributed by atoms with Crippen LogP contribution in [0.2, 0.25) is 0 Å². The molecule has 158 valence electrons. The maximum Gasteiger partial charge on any atom is 0.422 e. The molecule has 0 radical (unpaired) electrons. The van der Waals surface area contributed by atoms with Crippen LogP contribution in [0.4, 0.5) is 25.0 Å². The second-order valence-electron chi connectivity index (χ2n) is 7.67. The highest BCUT2D eigenvalue weighted by Gasteiger charge is 2.61. The van der Waals surface area contributed by atoms with E-state index < -0.39 is 24.1 Å². The summed E-state index contributed by atoms with van der Waals surface area (Å²) in [5.41, 5.74) is -2.02. The summed E-state index contributed by atoms with van der Waals surface area (Å²) in [4.78, 5) is 18.1. The summed E-state index contributed by atoms with van der Waals surface area (Å²) in [6.45, 7) is 1.03. The highest BCUT2D eigenvalue weighted by Crippen LogP contribution is 2.49. The van der Waals surface area contributed by atoms with Gasteiger partial charge in [0.05, 0.1) is 12.0 Å². The van der Waals surface area contributed by atoms with E-state index in [0.717, 1.165) is 5.52 Å². The van der Waals surface area contributed by atoms with Crippen molar-refractivity contribution < 1.29 is 27.5 Å². The summed E-state index contributed by atoms with van der Waals surface area (Å²) in [6.07, 6.45) is -5.07. The Morgan fingerprint density at radius 2 is 1.97 bits per heavy atom. The second-order valence-corrected chi connectivity index (χ2v) is 7.67. The Kier molecular flexibility index (Phi) is 4.07. The van der Waals surface area contributed by atoms with E-state index in [1.54, 1.807) is 0 Å². The van der Waals surface area contributed by atoms with Gasteiger partial charge in [0.2, 0.25) is 5.91 Å². The van der Waals surface area contributed by atoms with Crippen molar-refractivity contribution in [3.63, 3.8) is 0 Å². The number of carbonyl (C=O) groups excluding carboxylic acids is 1. The number of aromatic amines is 1. The first-order valence-electron chi connectivity index (χ1n) is 9.54. The summed E-state index contributed by atoms with van der Waals surface area (Å²) in [5.74, 6) is -1.47. The molecule has 4 heterocycles. The van der Waals surface area contributed by atoms with Gasteiger partial charge < -0.3 is 19.7 Å². The molecule has 0 aliphatic carbocycles. The van der Waals surface area contributed by atoms with E-state index in [2.05, 4.69) is 20.5 Å². The number of piperidine rings is 1. The minimum atomic E-state index is -5.00. The quantitative estimate of drug-likeness (QED) is 0.587. The summed E-state index contributed by atoms with van der Waals surface area (Å²) in [5, 5.41) is 19.2. The monoisotopic (exact) mass is 421 g/mol. The molecule has 2 aromatic heterocycles. The number of benzene rings is 1. The zero-order valence-electron chi connectivity index (χ0n) is 15.7. The van der Waals surface area contributed by atoms with Gasteiger partial charge in [0.25, 0.3) is 6.01 Å². The lowest BCUT2D eigenvalue weighted by Gasteiger charge is -2.36. The molecule has 0 spiro atoms. The van der Waals surface area contributed by atoms with Crippen LogP contribution in [0.3, 0.4) is 0 Å². The summed E-state index contributed by atoms with van der Waals surface area (Å²) >= 11 is 0. The first kappa shape index (κ1) is 18.9. The van der Waals surface area contributed by atoms with Crippen molar-refractivity contribution >= 4 is 28.8 Å². The van der Waals surface area contributed by atoms with Crippen molar-refractivity contribution in [2.75, 3.05) is 23.3 Å². The van der Waals surface area contributed by atoms with E-state index in [-0.39, 0.29) is 23.0 Å². The molecule has 1 atom stereocenters. The maximum atomic E-state index is 13.7. The lowest BCUT2D eigenvalue weighted by molar-refractivity contribution is -0.267. The molecule has 11 heteroatoms. The molecule has 1 saturated heterocycles. The Morgan fingerprint density at radius 3 is 2.67 bits per heavy atom. The number of nitrogens with one attached hydrogen (secondary N) is 2. The predicted molar refractivity (Wildman–Crippen MR) is 100.0 cm³/mol. The van der Waals surface area contributed by atoms with Gasteiger partial charge in [-0.05, 0) is 25.0 Å². The minimum Gasteiger partial charge on any atom is -0.423 e. The number of aromatic nitrogens is 3. The Hall–Kier alpha value is -3.08. The van der Waals surface area contributed by atoms with E-state index in [4.69, 9.17) is 4.42 Å². The number of hydrogen-bond donors (Lipinski definition) is 3. The van der Waals surface area contributed by atoms with Crippen molar-refractivity contribution in [2.45, 2.75) is 37.0 Å². The number of anilines is 2. The fourth-order valence-electron chi connectivity index (χ4n) is 4.25. The number of rotatable bonds is 2. The van der Waals surface area contributed by atoms with Crippen LogP contribution in [0.25, 0.3) is 11.1 Å². The molecule has 8 nitrogen and oxygen atoms in total. The predicted octanol–water partition coefficient (Wildman–Crippen LogP) is 3.03. The van der Waals surface area contributed by atoms with E-state index in [1.165, 1.54) is 0 Å². The van der Waals surface area contributed by atoms with Gasteiger partial charge in [0.15, 0.2) is 17.0 Å². The number of halogens is 3. The molecule has 2 aliphatic rings. The average molecular weight is 421 g/mol. The van der Waals surface area contributed by atoms with Gasteiger partial charge in [-0.3, -0.25) is 9.89 Å². The highest BCUT2D eigenvalue weighted by atomic mass is 19.4. The van der Waals surface area contributed by atoms with Crippen LogP contribution in [-0.2, 0) is 10.4 Å². The molecule has 0 saturated carbocycles. The Bertz CT molecular complexity index is 1080. The van der Waals surface area contributed by atoms with Gasteiger partial charge in [-0.1, -0.05) is 12.1 Å². The van der Waals surface area contributed by atoms with Gasteiger partial charge in [-0.2, -0.15) is 23.3 Å². The number of H-pyrrole nitrogens is 1. The number of amides is 1. The van der Waals surface area contributed by atoms with Crippen LogP contribution in [0.1, 0.15) is 36.4 Å².